The van der Waals surface area contributed by atoms with Gasteiger partial charge in [-0.1, -0.05) is 58.0 Å². The normalized spacial score (nSPS) is 11.1. The quantitative estimate of drug-likeness (QED) is 0.584. The topological polar surface area (TPSA) is 50.4 Å². The largest absolute Gasteiger partial charge is 0.445 e. The summed E-state index contributed by atoms with van der Waals surface area (Å²) >= 11 is 28.1. The molecule has 2 N–H and O–H groups in total. The number of carbonyl (C=O) groups is 1. The highest BCUT2D eigenvalue weighted by atomic mass is 35.6. The van der Waals surface area contributed by atoms with Gasteiger partial charge in [-0.2, -0.15) is 0 Å². The van der Waals surface area contributed by atoms with Crippen LogP contribution in [0, 0.1) is 0 Å². The molecule has 0 fully saturated rings. The van der Waals surface area contributed by atoms with Crippen molar-refractivity contribution < 1.29 is 9.53 Å². The summed E-state index contributed by atoms with van der Waals surface area (Å²) < 4.78 is 3.06. The Kier molecular flexibility index (Phi) is 7.34. The van der Waals surface area contributed by atoms with Crippen LogP contribution < -0.4 is 10.6 Å². The summed E-state index contributed by atoms with van der Waals surface area (Å²) in [5.74, 6) is 0. The first-order valence-corrected chi connectivity index (χ1v) is 7.33. The SMILES string of the molecule is O=C(NCCNc1cc(Cl)ccc1Cl)OCC(Cl)(Cl)Cl. The lowest BCUT2D eigenvalue weighted by Gasteiger charge is -2.12. The summed E-state index contributed by atoms with van der Waals surface area (Å²) in [6.45, 7) is 0.418. The van der Waals surface area contributed by atoms with Gasteiger partial charge in [-0.25, -0.2) is 4.79 Å². The number of carbonyl (C=O) groups excluding carboxylic acids is 1. The van der Waals surface area contributed by atoms with Crippen LogP contribution in [0.2, 0.25) is 10.0 Å². The van der Waals surface area contributed by atoms with Crippen molar-refractivity contribution in [2.24, 2.45) is 0 Å². The summed E-state index contributed by atoms with van der Waals surface area (Å²) in [7, 11) is 0. The summed E-state index contributed by atoms with van der Waals surface area (Å²) in [5, 5.41) is 6.60. The number of rotatable bonds is 5. The van der Waals surface area contributed by atoms with Crippen molar-refractivity contribution in [1.82, 2.24) is 5.32 Å². The standard InChI is InChI=1S/C11H11Cl5N2O2/c12-7-1-2-8(13)9(5-7)17-3-4-18-10(19)20-6-11(14,15)16/h1-2,5,17H,3-4,6H2,(H,18,19). The van der Waals surface area contributed by atoms with Crippen LogP contribution in [0.5, 0.6) is 0 Å². The second-order valence-corrected chi connectivity index (χ2v) is 7.03. The molecule has 112 valence electrons. The predicted molar refractivity (Wildman–Crippen MR) is 84.6 cm³/mol. The molecule has 1 aromatic rings. The van der Waals surface area contributed by atoms with E-state index in [9.17, 15) is 4.79 Å². The van der Waals surface area contributed by atoms with Crippen LogP contribution in [-0.2, 0) is 4.74 Å². The third kappa shape index (κ3) is 7.50. The first kappa shape index (κ1) is 17.8. The number of hydrogen-bond donors (Lipinski definition) is 2. The highest BCUT2D eigenvalue weighted by Gasteiger charge is 2.21. The summed E-state index contributed by atoms with van der Waals surface area (Å²) in [6.07, 6.45) is -0.671. The van der Waals surface area contributed by atoms with E-state index >= 15 is 0 Å². The van der Waals surface area contributed by atoms with Crippen molar-refractivity contribution in [3.8, 4) is 0 Å². The van der Waals surface area contributed by atoms with Gasteiger partial charge in [0, 0.05) is 18.1 Å². The molecule has 0 atom stereocenters. The third-order valence-corrected chi connectivity index (χ3v) is 2.90. The van der Waals surface area contributed by atoms with Gasteiger partial charge in [-0.05, 0) is 18.2 Å². The zero-order valence-electron chi connectivity index (χ0n) is 10.1. The van der Waals surface area contributed by atoms with Gasteiger partial charge < -0.3 is 15.4 Å². The zero-order valence-corrected chi connectivity index (χ0v) is 13.8. The zero-order chi connectivity index (χ0) is 15.2. The lowest BCUT2D eigenvalue weighted by atomic mass is 10.3. The first-order chi connectivity index (χ1) is 9.28. The Morgan fingerprint density at radius 2 is 1.90 bits per heavy atom. The van der Waals surface area contributed by atoms with Crippen molar-refractivity contribution in [3.05, 3.63) is 28.2 Å². The van der Waals surface area contributed by atoms with E-state index in [2.05, 4.69) is 15.4 Å². The molecule has 0 unspecified atom stereocenters. The Balaban J connectivity index is 2.25. The molecule has 1 amide bonds. The number of nitrogens with one attached hydrogen (secondary N) is 2. The molecule has 20 heavy (non-hydrogen) atoms. The molecule has 9 heteroatoms. The minimum absolute atomic E-state index is 0.307. The number of alkyl halides is 3. The fourth-order valence-electron chi connectivity index (χ4n) is 1.19. The van der Waals surface area contributed by atoms with Gasteiger partial charge in [0.15, 0.2) is 0 Å². The molecule has 0 spiro atoms. The fourth-order valence-corrected chi connectivity index (χ4v) is 1.71. The van der Waals surface area contributed by atoms with Gasteiger partial charge in [0.2, 0.25) is 3.79 Å². The predicted octanol–water partition coefficient (Wildman–Crippen LogP) is 4.50. The number of alkyl carbamates (subject to hydrolysis) is 1. The van der Waals surface area contributed by atoms with E-state index < -0.39 is 9.89 Å². The van der Waals surface area contributed by atoms with E-state index in [0.29, 0.717) is 28.8 Å². The maximum absolute atomic E-state index is 11.2. The molecular formula is C11H11Cl5N2O2. The van der Waals surface area contributed by atoms with E-state index in [-0.39, 0.29) is 6.61 Å². The van der Waals surface area contributed by atoms with Crippen molar-refractivity contribution >= 4 is 69.8 Å². The molecule has 1 rings (SSSR count). The molecule has 0 aliphatic rings. The van der Waals surface area contributed by atoms with Crippen LogP contribution in [-0.4, -0.2) is 29.6 Å². The van der Waals surface area contributed by atoms with Crippen LogP contribution in [0.15, 0.2) is 18.2 Å². The molecule has 0 radical (unpaired) electrons. The summed E-state index contributed by atoms with van der Waals surface area (Å²) in [4.78, 5) is 11.2. The van der Waals surface area contributed by atoms with Gasteiger partial charge in [0.05, 0.1) is 10.7 Å². The van der Waals surface area contributed by atoms with Crippen molar-refractivity contribution in [2.45, 2.75) is 3.79 Å². The molecule has 4 nitrogen and oxygen atoms in total. The lowest BCUT2D eigenvalue weighted by molar-refractivity contribution is 0.149. The van der Waals surface area contributed by atoms with Gasteiger partial charge in [0.25, 0.3) is 0 Å². The van der Waals surface area contributed by atoms with E-state index in [1.54, 1.807) is 18.2 Å². The molecule has 0 bridgehead atoms. The average molecular weight is 380 g/mol. The maximum Gasteiger partial charge on any atom is 0.407 e. The highest BCUT2D eigenvalue weighted by Crippen LogP contribution is 2.26. The first-order valence-electron chi connectivity index (χ1n) is 5.44. The minimum Gasteiger partial charge on any atom is -0.445 e. The number of anilines is 1. The Labute approximate surface area is 141 Å². The van der Waals surface area contributed by atoms with Crippen molar-refractivity contribution in [3.63, 3.8) is 0 Å². The monoisotopic (exact) mass is 378 g/mol. The third-order valence-electron chi connectivity index (χ3n) is 2.01. The lowest BCUT2D eigenvalue weighted by Crippen LogP contribution is -2.31. The van der Waals surface area contributed by atoms with Gasteiger partial charge >= 0.3 is 6.09 Å². The molecule has 1 aromatic carbocycles. The van der Waals surface area contributed by atoms with Gasteiger partial charge in [-0.15, -0.1) is 0 Å². The minimum atomic E-state index is -1.62. The van der Waals surface area contributed by atoms with Gasteiger partial charge in [0.1, 0.15) is 6.61 Å². The van der Waals surface area contributed by atoms with E-state index in [0.717, 1.165) is 0 Å². The van der Waals surface area contributed by atoms with Crippen LogP contribution in [0.3, 0.4) is 0 Å². The molecule has 0 heterocycles. The van der Waals surface area contributed by atoms with Crippen LogP contribution in [0.4, 0.5) is 10.5 Å². The molecule has 0 aliphatic heterocycles. The van der Waals surface area contributed by atoms with Crippen LogP contribution >= 0.6 is 58.0 Å². The van der Waals surface area contributed by atoms with Crippen molar-refractivity contribution in [1.29, 1.82) is 0 Å². The van der Waals surface area contributed by atoms with Crippen molar-refractivity contribution in [2.75, 3.05) is 25.0 Å². The Bertz CT molecular complexity index is 465. The second kappa shape index (κ2) is 8.25. The molecule has 0 aromatic heterocycles. The summed E-state index contributed by atoms with van der Waals surface area (Å²) in [5.41, 5.74) is 0.677. The van der Waals surface area contributed by atoms with Crippen LogP contribution in [0.1, 0.15) is 0 Å². The molecular weight excluding hydrogens is 369 g/mol. The van der Waals surface area contributed by atoms with E-state index in [4.69, 9.17) is 58.0 Å². The second-order valence-electron chi connectivity index (χ2n) is 3.67. The summed E-state index contributed by atoms with van der Waals surface area (Å²) in [6, 6.07) is 5.04. The fraction of sp³-hybridized carbons (Fsp3) is 0.364. The molecule has 0 saturated carbocycles. The van der Waals surface area contributed by atoms with Crippen LogP contribution in [0.25, 0.3) is 0 Å². The Morgan fingerprint density at radius 3 is 2.55 bits per heavy atom. The highest BCUT2D eigenvalue weighted by molar-refractivity contribution is 6.67. The van der Waals surface area contributed by atoms with E-state index in [1.807, 2.05) is 0 Å². The number of hydrogen-bond acceptors (Lipinski definition) is 3. The van der Waals surface area contributed by atoms with E-state index in [1.165, 1.54) is 0 Å². The maximum atomic E-state index is 11.2. The number of amides is 1. The number of benzene rings is 1. The number of ether oxygens (including phenoxy) is 1. The molecule has 0 saturated heterocycles. The number of halogens is 5. The smallest absolute Gasteiger partial charge is 0.407 e. The Hall–Kier alpha value is -0.260. The van der Waals surface area contributed by atoms with Gasteiger partial charge in [-0.3, -0.25) is 0 Å². The molecule has 0 aliphatic carbocycles. The average Bonchev–Trinajstić information content (AvgIpc) is 2.35. The Morgan fingerprint density at radius 1 is 1.20 bits per heavy atom.